The van der Waals surface area contributed by atoms with E-state index >= 15 is 0 Å². The standard InChI is InChI=1S/C20H22Cl2N2O2/c1-3-18(20(26)23-2)24(13-15-9-5-7-11-17(15)22)19(25)12-14-8-4-6-10-16(14)21/h4-11,18H,3,12-13H2,1-2H3,(H,23,26)/t18-/m0/s1. The van der Waals surface area contributed by atoms with Gasteiger partial charge in [0.2, 0.25) is 11.8 Å². The Kier molecular flexibility index (Phi) is 7.49. The Bertz CT molecular complexity index is 780. The number of hydrogen-bond donors (Lipinski definition) is 1. The van der Waals surface area contributed by atoms with Gasteiger partial charge in [-0.3, -0.25) is 9.59 Å². The molecule has 2 rings (SSSR count). The van der Waals surface area contributed by atoms with Crippen molar-refractivity contribution in [1.82, 2.24) is 10.2 Å². The highest BCUT2D eigenvalue weighted by molar-refractivity contribution is 6.31. The van der Waals surface area contributed by atoms with Gasteiger partial charge in [0.1, 0.15) is 6.04 Å². The minimum absolute atomic E-state index is 0.123. The average Bonchev–Trinajstić information content (AvgIpc) is 2.64. The Morgan fingerprint density at radius 3 is 2.04 bits per heavy atom. The highest BCUT2D eigenvalue weighted by Gasteiger charge is 2.28. The van der Waals surface area contributed by atoms with E-state index in [0.717, 1.165) is 11.1 Å². The van der Waals surface area contributed by atoms with Crippen LogP contribution in [0.25, 0.3) is 0 Å². The third kappa shape index (κ3) is 4.99. The first kappa shape index (κ1) is 20.3. The Balaban J connectivity index is 2.32. The number of carbonyl (C=O) groups excluding carboxylic acids is 2. The lowest BCUT2D eigenvalue weighted by atomic mass is 10.1. The minimum Gasteiger partial charge on any atom is -0.357 e. The maximum Gasteiger partial charge on any atom is 0.242 e. The molecule has 6 heteroatoms. The molecule has 0 spiro atoms. The van der Waals surface area contributed by atoms with Crippen LogP contribution in [0.2, 0.25) is 10.0 Å². The normalized spacial score (nSPS) is 11.7. The third-order valence-corrected chi connectivity index (χ3v) is 4.97. The number of rotatable bonds is 7. The summed E-state index contributed by atoms with van der Waals surface area (Å²) in [4.78, 5) is 26.9. The summed E-state index contributed by atoms with van der Waals surface area (Å²) in [5, 5.41) is 3.73. The van der Waals surface area contributed by atoms with Crippen LogP contribution in [-0.4, -0.2) is 29.8 Å². The van der Waals surface area contributed by atoms with Crippen molar-refractivity contribution in [2.45, 2.75) is 32.4 Å². The molecule has 4 nitrogen and oxygen atoms in total. The Morgan fingerprint density at radius 2 is 1.54 bits per heavy atom. The van der Waals surface area contributed by atoms with E-state index in [-0.39, 0.29) is 24.8 Å². The van der Waals surface area contributed by atoms with Gasteiger partial charge in [0.05, 0.1) is 6.42 Å². The van der Waals surface area contributed by atoms with Crippen molar-refractivity contribution in [2.24, 2.45) is 0 Å². The van der Waals surface area contributed by atoms with E-state index in [1.54, 1.807) is 24.1 Å². The average molecular weight is 393 g/mol. The van der Waals surface area contributed by atoms with E-state index in [0.29, 0.717) is 16.5 Å². The molecular weight excluding hydrogens is 371 g/mol. The molecule has 138 valence electrons. The number of likely N-dealkylation sites (N-methyl/N-ethyl adjacent to an activating group) is 1. The molecule has 0 saturated heterocycles. The Morgan fingerprint density at radius 1 is 1.00 bits per heavy atom. The van der Waals surface area contributed by atoms with Crippen molar-refractivity contribution in [3.8, 4) is 0 Å². The van der Waals surface area contributed by atoms with Crippen LogP contribution in [0.3, 0.4) is 0 Å². The van der Waals surface area contributed by atoms with Crippen LogP contribution < -0.4 is 5.32 Å². The molecule has 0 aliphatic heterocycles. The molecule has 0 fully saturated rings. The van der Waals surface area contributed by atoms with Gasteiger partial charge < -0.3 is 10.2 Å². The zero-order valence-electron chi connectivity index (χ0n) is 14.8. The summed E-state index contributed by atoms with van der Waals surface area (Å²) in [7, 11) is 1.57. The number of nitrogens with one attached hydrogen (secondary N) is 1. The van der Waals surface area contributed by atoms with E-state index < -0.39 is 6.04 Å². The van der Waals surface area contributed by atoms with Gasteiger partial charge in [0, 0.05) is 23.6 Å². The smallest absolute Gasteiger partial charge is 0.242 e. The van der Waals surface area contributed by atoms with Crippen LogP contribution in [0, 0.1) is 0 Å². The van der Waals surface area contributed by atoms with Crippen molar-refractivity contribution >= 4 is 35.0 Å². The van der Waals surface area contributed by atoms with Gasteiger partial charge in [-0.25, -0.2) is 0 Å². The van der Waals surface area contributed by atoms with Gasteiger partial charge in [0.25, 0.3) is 0 Å². The van der Waals surface area contributed by atoms with Crippen LogP contribution in [0.15, 0.2) is 48.5 Å². The van der Waals surface area contributed by atoms with Crippen LogP contribution in [0.1, 0.15) is 24.5 Å². The van der Waals surface area contributed by atoms with Gasteiger partial charge >= 0.3 is 0 Å². The van der Waals surface area contributed by atoms with Gasteiger partial charge in [-0.2, -0.15) is 0 Å². The summed E-state index contributed by atoms with van der Waals surface area (Å²) in [6, 6.07) is 14.0. The van der Waals surface area contributed by atoms with E-state index in [2.05, 4.69) is 5.32 Å². The van der Waals surface area contributed by atoms with Gasteiger partial charge in [-0.05, 0) is 29.7 Å². The largest absolute Gasteiger partial charge is 0.357 e. The van der Waals surface area contributed by atoms with Crippen LogP contribution in [0.5, 0.6) is 0 Å². The maximum atomic E-state index is 13.0. The molecule has 0 heterocycles. The fourth-order valence-electron chi connectivity index (χ4n) is 2.80. The number of carbonyl (C=O) groups is 2. The van der Waals surface area contributed by atoms with E-state index in [1.807, 2.05) is 43.3 Å². The monoisotopic (exact) mass is 392 g/mol. The zero-order chi connectivity index (χ0) is 19.1. The zero-order valence-corrected chi connectivity index (χ0v) is 16.3. The van der Waals surface area contributed by atoms with Crippen LogP contribution in [-0.2, 0) is 22.6 Å². The molecule has 0 radical (unpaired) electrons. The molecule has 1 atom stereocenters. The van der Waals surface area contributed by atoms with Crippen LogP contribution >= 0.6 is 23.2 Å². The first-order chi connectivity index (χ1) is 12.5. The number of hydrogen-bond acceptors (Lipinski definition) is 2. The molecule has 0 aromatic heterocycles. The van der Waals surface area contributed by atoms with Gasteiger partial charge in [-0.15, -0.1) is 0 Å². The molecule has 1 N–H and O–H groups in total. The molecule has 0 aliphatic rings. The second-order valence-corrected chi connectivity index (χ2v) is 6.73. The van der Waals surface area contributed by atoms with E-state index in [4.69, 9.17) is 23.2 Å². The fraction of sp³-hybridized carbons (Fsp3) is 0.300. The van der Waals surface area contributed by atoms with Crippen molar-refractivity contribution < 1.29 is 9.59 Å². The lowest BCUT2D eigenvalue weighted by molar-refractivity contribution is -0.140. The Hall–Kier alpha value is -2.04. The summed E-state index contributed by atoms with van der Waals surface area (Å²) >= 11 is 12.5. The molecule has 0 saturated carbocycles. The van der Waals surface area contributed by atoms with E-state index in [1.165, 1.54) is 0 Å². The predicted octanol–water partition coefficient (Wildman–Crippen LogP) is 4.09. The summed E-state index contributed by atoms with van der Waals surface area (Å²) in [6.45, 7) is 2.14. The quantitative estimate of drug-likeness (QED) is 0.771. The lowest BCUT2D eigenvalue weighted by Gasteiger charge is -2.30. The predicted molar refractivity (Wildman–Crippen MR) is 105 cm³/mol. The number of halogens is 2. The second kappa shape index (κ2) is 9.60. The highest BCUT2D eigenvalue weighted by Crippen LogP contribution is 2.22. The molecule has 0 bridgehead atoms. The lowest BCUT2D eigenvalue weighted by Crippen LogP contribution is -2.48. The molecule has 0 unspecified atom stereocenters. The Labute approximate surface area is 164 Å². The van der Waals surface area contributed by atoms with Crippen molar-refractivity contribution in [1.29, 1.82) is 0 Å². The molecule has 26 heavy (non-hydrogen) atoms. The number of amides is 2. The third-order valence-electron chi connectivity index (χ3n) is 4.23. The van der Waals surface area contributed by atoms with Gasteiger partial charge in [-0.1, -0.05) is 66.5 Å². The molecule has 0 aliphatic carbocycles. The summed E-state index contributed by atoms with van der Waals surface area (Å²) in [6.07, 6.45) is 0.621. The summed E-state index contributed by atoms with van der Waals surface area (Å²) in [5.41, 5.74) is 1.53. The molecule has 2 amide bonds. The molecule has 2 aromatic carbocycles. The van der Waals surface area contributed by atoms with Gasteiger partial charge in [0.15, 0.2) is 0 Å². The minimum atomic E-state index is -0.578. The summed E-state index contributed by atoms with van der Waals surface area (Å²) < 4.78 is 0. The van der Waals surface area contributed by atoms with Crippen molar-refractivity contribution in [3.63, 3.8) is 0 Å². The van der Waals surface area contributed by atoms with Crippen molar-refractivity contribution in [2.75, 3.05) is 7.05 Å². The van der Waals surface area contributed by atoms with E-state index in [9.17, 15) is 9.59 Å². The van der Waals surface area contributed by atoms with Crippen molar-refractivity contribution in [3.05, 3.63) is 69.7 Å². The SMILES string of the molecule is CC[C@@H](C(=O)NC)N(Cc1ccccc1Cl)C(=O)Cc1ccccc1Cl. The topological polar surface area (TPSA) is 49.4 Å². The number of benzene rings is 2. The first-order valence-electron chi connectivity index (χ1n) is 8.45. The van der Waals surface area contributed by atoms with Crippen LogP contribution in [0.4, 0.5) is 0 Å². The summed E-state index contributed by atoms with van der Waals surface area (Å²) in [5.74, 6) is -0.375. The molecule has 2 aromatic rings. The first-order valence-corrected chi connectivity index (χ1v) is 9.21. The molecular formula is C20H22Cl2N2O2. The highest BCUT2D eigenvalue weighted by atomic mass is 35.5. The maximum absolute atomic E-state index is 13.0. The number of nitrogens with zero attached hydrogens (tertiary/aromatic N) is 1. The fourth-order valence-corrected chi connectivity index (χ4v) is 3.20. The second-order valence-electron chi connectivity index (χ2n) is 5.92.